The van der Waals surface area contributed by atoms with Gasteiger partial charge in [0.15, 0.2) is 0 Å². The van der Waals surface area contributed by atoms with Crippen molar-refractivity contribution in [3.05, 3.63) is 50.1 Å². The highest BCUT2D eigenvalue weighted by Crippen LogP contribution is 2.76. The average Bonchev–Trinajstić information content (AvgIpc) is 3.12. The van der Waals surface area contributed by atoms with Gasteiger partial charge in [0.1, 0.15) is 0 Å². The highest BCUT2D eigenvalue weighted by Gasteiger charge is 2.66. The molecule has 0 amide bonds. The van der Waals surface area contributed by atoms with E-state index < -0.39 is 0 Å². The second kappa shape index (κ2) is 4.21. The Hall–Kier alpha value is -1.30. The van der Waals surface area contributed by atoms with E-state index in [1.807, 2.05) is 0 Å². The number of allylic oxidation sites excluding steroid dienone is 4. The molecule has 4 rings (SSSR count). The maximum Gasteiger partial charge on any atom is -0.000703 e. The molecule has 0 nitrogen and oxygen atoms in total. The van der Waals surface area contributed by atoms with Crippen LogP contribution in [0.3, 0.4) is 0 Å². The van der Waals surface area contributed by atoms with Crippen LogP contribution in [0.5, 0.6) is 0 Å². The Morgan fingerprint density at radius 1 is 0.696 bits per heavy atom. The van der Waals surface area contributed by atoms with E-state index >= 15 is 0 Å². The molecule has 0 heterocycles. The first-order valence-electron chi connectivity index (χ1n) is 9.16. The highest BCUT2D eigenvalue weighted by molar-refractivity contribution is 5.90. The highest BCUT2D eigenvalue weighted by atomic mass is 14.7. The van der Waals surface area contributed by atoms with Crippen LogP contribution in [0.1, 0.15) is 73.9 Å². The van der Waals surface area contributed by atoms with Gasteiger partial charge in [-0.1, -0.05) is 25.0 Å². The third-order valence-electron chi connectivity index (χ3n) is 8.22. The molecule has 1 saturated carbocycles. The Morgan fingerprint density at radius 3 is 1.96 bits per heavy atom. The summed E-state index contributed by atoms with van der Waals surface area (Å²) in [6.45, 7) is 19.1. The fraction of sp³-hybridized carbons (Fsp3) is 0.565. The van der Waals surface area contributed by atoms with Crippen LogP contribution in [0.25, 0.3) is 5.57 Å². The van der Waals surface area contributed by atoms with Crippen molar-refractivity contribution in [1.29, 1.82) is 0 Å². The normalized spacial score (nSPS) is 31.8. The van der Waals surface area contributed by atoms with Crippen LogP contribution in [0.2, 0.25) is 0 Å². The molecule has 0 bridgehead atoms. The van der Waals surface area contributed by atoms with Crippen molar-refractivity contribution in [2.24, 2.45) is 10.8 Å². The van der Waals surface area contributed by atoms with Crippen LogP contribution >= 0.6 is 0 Å². The summed E-state index contributed by atoms with van der Waals surface area (Å²) in [6.07, 6.45) is 3.85. The number of hydrogen-bond donors (Lipinski definition) is 0. The van der Waals surface area contributed by atoms with Crippen LogP contribution in [-0.4, -0.2) is 0 Å². The molecule has 3 aliphatic rings. The third kappa shape index (κ3) is 1.53. The van der Waals surface area contributed by atoms with Crippen molar-refractivity contribution in [2.45, 2.75) is 74.7 Å². The summed E-state index contributed by atoms with van der Waals surface area (Å²) in [7, 11) is 0. The van der Waals surface area contributed by atoms with Crippen molar-refractivity contribution < 1.29 is 0 Å². The predicted molar refractivity (Wildman–Crippen MR) is 99.8 cm³/mol. The Labute approximate surface area is 141 Å². The second-order valence-corrected chi connectivity index (χ2v) is 8.80. The zero-order valence-corrected chi connectivity index (χ0v) is 16.1. The summed E-state index contributed by atoms with van der Waals surface area (Å²) in [5.41, 5.74) is 16.7. The molecule has 122 valence electrons. The summed E-state index contributed by atoms with van der Waals surface area (Å²) >= 11 is 0. The minimum atomic E-state index is 0.419. The Kier molecular flexibility index (Phi) is 2.79. The van der Waals surface area contributed by atoms with E-state index in [1.165, 1.54) is 41.5 Å². The minimum Gasteiger partial charge on any atom is -0.0630 e. The van der Waals surface area contributed by atoms with Crippen LogP contribution in [-0.2, 0) is 6.42 Å². The molecule has 2 unspecified atom stereocenters. The third-order valence-corrected chi connectivity index (χ3v) is 8.22. The molecule has 1 aromatic rings. The smallest absolute Gasteiger partial charge is 0.000703 e. The van der Waals surface area contributed by atoms with Gasteiger partial charge < -0.3 is 0 Å². The Bertz CT molecular complexity index is 830. The van der Waals surface area contributed by atoms with Gasteiger partial charge >= 0.3 is 0 Å². The Morgan fingerprint density at radius 2 is 1.30 bits per heavy atom. The molecule has 2 atom stereocenters. The number of rotatable bonds is 0. The summed E-state index contributed by atoms with van der Waals surface area (Å²) < 4.78 is 0. The lowest BCUT2D eigenvalue weighted by molar-refractivity contribution is 0.477. The van der Waals surface area contributed by atoms with Gasteiger partial charge in [-0.2, -0.15) is 0 Å². The van der Waals surface area contributed by atoms with Crippen molar-refractivity contribution in [3.8, 4) is 0 Å². The lowest BCUT2D eigenvalue weighted by atomic mass is 9.66. The molecule has 0 spiro atoms. The quantitative estimate of drug-likeness (QED) is 0.521. The minimum absolute atomic E-state index is 0.419. The lowest BCUT2D eigenvalue weighted by Gasteiger charge is -2.38. The van der Waals surface area contributed by atoms with Crippen molar-refractivity contribution in [1.82, 2.24) is 0 Å². The van der Waals surface area contributed by atoms with E-state index in [1.54, 1.807) is 33.4 Å². The molecular weight excluding hydrogens is 276 g/mol. The van der Waals surface area contributed by atoms with E-state index in [2.05, 4.69) is 55.4 Å². The molecule has 0 saturated heterocycles. The molecule has 0 radical (unpaired) electrons. The fourth-order valence-corrected chi connectivity index (χ4v) is 5.78. The zero-order valence-electron chi connectivity index (χ0n) is 16.1. The van der Waals surface area contributed by atoms with Gasteiger partial charge in [0.05, 0.1) is 0 Å². The van der Waals surface area contributed by atoms with Gasteiger partial charge in [-0.3, -0.25) is 0 Å². The fourth-order valence-electron chi connectivity index (χ4n) is 5.78. The van der Waals surface area contributed by atoms with Gasteiger partial charge in [0.25, 0.3) is 0 Å². The first-order valence-corrected chi connectivity index (χ1v) is 9.16. The van der Waals surface area contributed by atoms with Gasteiger partial charge in [-0.15, -0.1) is 0 Å². The Balaban J connectivity index is 2.10. The molecule has 23 heavy (non-hydrogen) atoms. The van der Waals surface area contributed by atoms with Crippen molar-refractivity contribution >= 4 is 5.57 Å². The van der Waals surface area contributed by atoms with Gasteiger partial charge in [-0.05, 0) is 116 Å². The SMILES string of the molecule is CC1=C(C)C2(C)CC2(C)C2=C1c1c(C)c(C)c(C)c(C)c1CC2. The summed E-state index contributed by atoms with van der Waals surface area (Å²) in [6, 6.07) is 0. The number of benzene rings is 1. The van der Waals surface area contributed by atoms with E-state index in [-0.39, 0.29) is 0 Å². The molecule has 0 aliphatic heterocycles. The van der Waals surface area contributed by atoms with Crippen LogP contribution in [0, 0.1) is 38.5 Å². The molecule has 1 aromatic carbocycles. The molecule has 0 heteroatoms. The molecule has 3 aliphatic carbocycles. The summed E-state index contributed by atoms with van der Waals surface area (Å²) in [5.74, 6) is 0. The van der Waals surface area contributed by atoms with Crippen molar-refractivity contribution in [3.63, 3.8) is 0 Å². The van der Waals surface area contributed by atoms with Gasteiger partial charge in [0.2, 0.25) is 0 Å². The zero-order chi connectivity index (χ0) is 16.9. The average molecular weight is 306 g/mol. The summed E-state index contributed by atoms with van der Waals surface area (Å²) in [4.78, 5) is 0. The van der Waals surface area contributed by atoms with E-state index in [9.17, 15) is 0 Å². The van der Waals surface area contributed by atoms with Crippen LogP contribution in [0.15, 0.2) is 16.7 Å². The topological polar surface area (TPSA) is 0 Å². The van der Waals surface area contributed by atoms with Crippen molar-refractivity contribution in [2.75, 3.05) is 0 Å². The largest absolute Gasteiger partial charge is 0.0630 e. The van der Waals surface area contributed by atoms with Gasteiger partial charge in [0, 0.05) is 0 Å². The van der Waals surface area contributed by atoms with E-state index in [0.717, 1.165) is 0 Å². The van der Waals surface area contributed by atoms with E-state index in [0.29, 0.717) is 10.8 Å². The van der Waals surface area contributed by atoms with Crippen LogP contribution < -0.4 is 0 Å². The second-order valence-electron chi connectivity index (χ2n) is 8.80. The standard InChI is InChI=1S/C23H30/c1-12-13(2)15(4)20-18(14(12)3)9-10-19-21(20)16(5)17(6)22(7)11-23(19,22)8/h9-11H2,1-8H3. The lowest BCUT2D eigenvalue weighted by Crippen LogP contribution is -2.24. The predicted octanol–water partition coefficient (Wildman–Crippen LogP) is 6.39. The summed E-state index contributed by atoms with van der Waals surface area (Å²) in [5, 5.41) is 0. The molecule has 0 aromatic heterocycles. The molecule has 0 N–H and O–H groups in total. The molecular formula is C23H30. The number of fused-ring (bicyclic) bond motifs is 4. The first-order chi connectivity index (χ1) is 10.6. The van der Waals surface area contributed by atoms with E-state index in [4.69, 9.17) is 0 Å². The first kappa shape index (κ1) is 15.2. The maximum atomic E-state index is 2.52. The molecule has 1 fully saturated rings. The monoisotopic (exact) mass is 306 g/mol. The number of hydrogen-bond acceptors (Lipinski definition) is 0. The maximum absolute atomic E-state index is 2.52. The van der Waals surface area contributed by atoms with Crippen LogP contribution in [0.4, 0.5) is 0 Å². The van der Waals surface area contributed by atoms with Gasteiger partial charge in [-0.25, -0.2) is 0 Å².